The molecular formula is C11H9Br2ClN2S. The Bertz CT molecular complexity index is 516. The molecule has 2 aromatic heterocycles. The van der Waals surface area contributed by atoms with Gasteiger partial charge in [-0.1, -0.05) is 11.6 Å². The third-order valence-electron chi connectivity index (χ3n) is 2.10. The molecule has 0 aliphatic heterocycles. The fourth-order valence-electron chi connectivity index (χ4n) is 1.33. The molecule has 0 atom stereocenters. The summed E-state index contributed by atoms with van der Waals surface area (Å²) < 4.78 is 2.04. The Morgan fingerprint density at radius 2 is 2.18 bits per heavy atom. The number of pyridine rings is 1. The lowest BCUT2D eigenvalue weighted by molar-refractivity contribution is 1.03. The van der Waals surface area contributed by atoms with Gasteiger partial charge in [0.25, 0.3) is 0 Å². The molecule has 1 N–H and O–H groups in total. The van der Waals surface area contributed by atoms with Gasteiger partial charge in [0, 0.05) is 22.1 Å². The van der Waals surface area contributed by atoms with Crippen molar-refractivity contribution >= 4 is 60.6 Å². The van der Waals surface area contributed by atoms with Crippen molar-refractivity contribution in [1.29, 1.82) is 0 Å². The first-order valence-electron chi connectivity index (χ1n) is 4.94. The van der Waals surface area contributed by atoms with Crippen LogP contribution in [0, 0.1) is 0 Å². The topological polar surface area (TPSA) is 24.9 Å². The number of hydrogen-bond acceptors (Lipinski definition) is 3. The van der Waals surface area contributed by atoms with Crippen molar-refractivity contribution in [3.8, 4) is 0 Å². The minimum Gasteiger partial charge on any atom is -0.368 e. The highest BCUT2D eigenvalue weighted by Gasteiger charge is 2.02. The Hall–Kier alpha value is -0.100. The number of hydrogen-bond donors (Lipinski definition) is 1. The molecule has 90 valence electrons. The van der Waals surface area contributed by atoms with Crippen LogP contribution >= 0.6 is 54.8 Å². The van der Waals surface area contributed by atoms with E-state index in [1.807, 2.05) is 6.07 Å². The van der Waals surface area contributed by atoms with Gasteiger partial charge in [-0.05, 0) is 56.5 Å². The third kappa shape index (κ3) is 3.95. The Labute approximate surface area is 126 Å². The minimum atomic E-state index is 0.631. The lowest BCUT2D eigenvalue weighted by Crippen LogP contribution is -2.05. The molecule has 0 aliphatic carbocycles. The molecular weight excluding hydrogens is 387 g/mol. The molecule has 6 heteroatoms. The molecule has 0 bridgehead atoms. The van der Waals surface area contributed by atoms with Gasteiger partial charge in [0.15, 0.2) is 0 Å². The number of halogens is 3. The number of rotatable bonds is 4. The summed E-state index contributed by atoms with van der Waals surface area (Å²) in [5.74, 6) is 0.727. The number of thiophene rings is 1. The fourth-order valence-corrected chi connectivity index (χ4v) is 3.51. The lowest BCUT2D eigenvalue weighted by atomic mass is 10.3. The van der Waals surface area contributed by atoms with E-state index in [-0.39, 0.29) is 0 Å². The van der Waals surface area contributed by atoms with Crippen LogP contribution in [0.5, 0.6) is 0 Å². The summed E-state index contributed by atoms with van der Waals surface area (Å²) in [6, 6.07) is 6.01. The standard InChI is InChI=1S/C11H9Br2ClN2S/c12-7-5-9(14)11(16-6-7)15-4-3-8-1-2-10(13)17-8/h1-2,5-6H,3-4H2,(H,15,16). The molecule has 0 fully saturated rings. The van der Waals surface area contributed by atoms with Crippen LogP contribution in [0.4, 0.5) is 5.82 Å². The number of nitrogens with zero attached hydrogens (tertiary/aromatic N) is 1. The molecule has 2 nitrogen and oxygen atoms in total. The predicted octanol–water partition coefficient (Wildman–Crippen LogP) is 4.98. The molecule has 2 heterocycles. The molecule has 0 spiro atoms. The fraction of sp³-hybridized carbons (Fsp3) is 0.182. The first kappa shape index (κ1) is 13.3. The molecule has 0 saturated heterocycles. The number of anilines is 1. The van der Waals surface area contributed by atoms with Crippen LogP contribution in [0.2, 0.25) is 5.02 Å². The zero-order chi connectivity index (χ0) is 12.3. The number of aromatic nitrogens is 1. The van der Waals surface area contributed by atoms with Gasteiger partial charge in [-0.2, -0.15) is 0 Å². The van der Waals surface area contributed by atoms with E-state index in [9.17, 15) is 0 Å². The average molecular weight is 397 g/mol. The highest BCUT2D eigenvalue weighted by Crippen LogP contribution is 2.24. The molecule has 2 rings (SSSR count). The normalized spacial score (nSPS) is 10.5. The maximum absolute atomic E-state index is 6.06. The first-order valence-corrected chi connectivity index (χ1v) is 7.72. The van der Waals surface area contributed by atoms with Crippen LogP contribution in [-0.2, 0) is 6.42 Å². The molecule has 0 unspecified atom stereocenters. The second-order valence-corrected chi connectivity index (χ2v) is 7.24. The van der Waals surface area contributed by atoms with E-state index in [1.165, 1.54) is 4.88 Å². The summed E-state index contributed by atoms with van der Waals surface area (Å²) in [6.45, 7) is 0.821. The van der Waals surface area contributed by atoms with Crippen molar-refractivity contribution < 1.29 is 0 Å². The monoisotopic (exact) mass is 394 g/mol. The van der Waals surface area contributed by atoms with Crippen LogP contribution in [0.3, 0.4) is 0 Å². The molecule has 17 heavy (non-hydrogen) atoms. The van der Waals surface area contributed by atoms with Gasteiger partial charge < -0.3 is 5.32 Å². The van der Waals surface area contributed by atoms with E-state index in [4.69, 9.17) is 11.6 Å². The maximum Gasteiger partial charge on any atom is 0.144 e. The van der Waals surface area contributed by atoms with E-state index in [1.54, 1.807) is 17.5 Å². The molecule has 0 aliphatic rings. The third-order valence-corrected chi connectivity index (χ3v) is 4.51. The molecule has 0 radical (unpaired) electrons. The van der Waals surface area contributed by atoms with Crippen molar-refractivity contribution in [1.82, 2.24) is 4.98 Å². The van der Waals surface area contributed by atoms with E-state index < -0.39 is 0 Å². The lowest BCUT2D eigenvalue weighted by Gasteiger charge is -2.06. The smallest absolute Gasteiger partial charge is 0.144 e. The van der Waals surface area contributed by atoms with Crippen LogP contribution in [-0.4, -0.2) is 11.5 Å². The van der Waals surface area contributed by atoms with Gasteiger partial charge in [-0.3, -0.25) is 0 Å². The quantitative estimate of drug-likeness (QED) is 0.789. The van der Waals surface area contributed by atoms with Gasteiger partial charge in [-0.15, -0.1) is 11.3 Å². The molecule has 0 aromatic carbocycles. The number of nitrogens with one attached hydrogen (secondary N) is 1. The van der Waals surface area contributed by atoms with Crippen molar-refractivity contribution in [3.63, 3.8) is 0 Å². The van der Waals surface area contributed by atoms with Gasteiger partial charge in [0.1, 0.15) is 5.82 Å². The van der Waals surface area contributed by atoms with Gasteiger partial charge in [0.2, 0.25) is 0 Å². The summed E-state index contributed by atoms with van der Waals surface area (Å²) in [5.41, 5.74) is 0. The molecule has 0 amide bonds. The van der Waals surface area contributed by atoms with Crippen LogP contribution in [0.15, 0.2) is 32.7 Å². The Kier molecular flexibility index (Phi) is 4.85. The highest BCUT2D eigenvalue weighted by atomic mass is 79.9. The Morgan fingerprint density at radius 3 is 2.82 bits per heavy atom. The average Bonchev–Trinajstić information content (AvgIpc) is 2.68. The van der Waals surface area contributed by atoms with E-state index >= 15 is 0 Å². The maximum atomic E-state index is 6.06. The summed E-state index contributed by atoms with van der Waals surface area (Å²) in [7, 11) is 0. The molecule has 0 saturated carbocycles. The van der Waals surface area contributed by atoms with Crippen molar-refractivity contribution in [2.45, 2.75) is 6.42 Å². The minimum absolute atomic E-state index is 0.631. The van der Waals surface area contributed by atoms with E-state index in [0.717, 1.165) is 27.0 Å². The second-order valence-electron chi connectivity index (χ2n) is 3.37. The van der Waals surface area contributed by atoms with Crippen LogP contribution in [0.1, 0.15) is 4.88 Å². The highest BCUT2D eigenvalue weighted by molar-refractivity contribution is 9.11. The van der Waals surface area contributed by atoms with E-state index in [0.29, 0.717) is 5.02 Å². The Balaban J connectivity index is 1.90. The molecule has 2 aromatic rings. The van der Waals surface area contributed by atoms with E-state index in [2.05, 4.69) is 54.3 Å². The van der Waals surface area contributed by atoms with Gasteiger partial charge >= 0.3 is 0 Å². The first-order chi connectivity index (χ1) is 8.15. The predicted molar refractivity (Wildman–Crippen MR) is 81.2 cm³/mol. The van der Waals surface area contributed by atoms with Gasteiger partial charge in [-0.25, -0.2) is 4.98 Å². The van der Waals surface area contributed by atoms with Crippen molar-refractivity contribution in [3.05, 3.63) is 42.6 Å². The summed E-state index contributed by atoms with van der Waals surface area (Å²) >= 11 is 14.6. The zero-order valence-corrected chi connectivity index (χ0v) is 13.5. The largest absolute Gasteiger partial charge is 0.368 e. The van der Waals surface area contributed by atoms with Gasteiger partial charge in [0.05, 0.1) is 8.81 Å². The summed E-state index contributed by atoms with van der Waals surface area (Å²) in [6.07, 6.45) is 2.69. The SMILES string of the molecule is Clc1cc(Br)cnc1NCCc1ccc(Br)s1. The van der Waals surface area contributed by atoms with Crippen LogP contribution < -0.4 is 5.32 Å². The summed E-state index contributed by atoms with van der Waals surface area (Å²) in [4.78, 5) is 5.55. The summed E-state index contributed by atoms with van der Waals surface area (Å²) in [5, 5.41) is 3.86. The van der Waals surface area contributed by atoms with Crippen molar-refractivity contribution in [2.24, 2.45) is 0 Å². The van der Waals surface area contributed by atoms with Crippen LogP contribution in [0.25, 0.3) is 0 Å². The second kappa shape index (κ2) is 6.18. The zero-order valence-electron chi connectivity index (χ0n) is 8.71. The Morgan fingerprint density at radius 1 is 1.35 bits per heavy atom. The van der Waals surface area contributed by atoms with Crippen molar-refractivity contribution in [2.75, 3.05) is 11.9 Å².